The molecule has 1 fully saturated rings. The van der Waals surface area contributed by atoms with E-state index < -0.39 is 5.60 Å². The van der Waals surface area contributed by atoms with Crippen molar-refractivity contribution in [2.75, 3.05) is 0 Å². The molecule has 1 saturated carbocycles. The van der Waals surface area contributed by atoms with Gasteiger partial charge in [0.2, 0.25) is 0 Å². The third kappa shape index (κ3) is 4.31. The van der Waals surface area contributed by atoms with Gasteiger partial charge in [-0.05, 0) is 48.8 Å². The number of hydrogen-bond donors (Lipinski definition) is 1. The van der Waals surface area contributed by atoms with Crippen LogP contribution in [0.2, 0.25) is 0 Å². The predicted octanol–water partition coefficient (Wildman–Crippen LogP) is 4.34. The van der Waals surface area contributed by atoms with Crippen LogP contribution >= 0.6 is 0 Å². The third-order valence-corrected chi connectivity index (χ3v) is 4.17. The largest absolute Gasteiger partial charge is 0.390 e. The molecule has 1 aromatic carbocycles. The van der Waals surface area contributed by atoms with Crippen molar-refractivity contribution in [3.8, 4) is 0 Å². The molecule has 1 nitrogen and oxygen atoms in total. The summed E-state index contributed by atoms with van der Waals surface area (Å²) in [5.41, 5.74) is 0.449. The summed E-state index contributed by atoms with van der Waals surface area (Å²) in [5.74, 6) is 1.12. The summed E-state index contributed by atoms with van der Waals surface area (Å²) in [4.78, 5) is 0. The zero-order chi connectivity index (χ0) is 13.9. The Labute approximate surface area is 115 Å². The van der Waals surface area contributed by atoms with Gasteiger partial charge in [0.05, 0.1) is 5.60 Å². The molecule has 0 spiro atoms. The average molecular weight is 264 g/mol. The Kier molecular flexibility index (Phi) is 4.62. The molecule has 0 bridgehead atoms. The lowest BCUT2D eigenvalue weighted by molar-refractivity contribution is -0.0189. The van der Waals surface area contributed by atoms with Crippen molar-refractivity contribution in [2.24, 2.45) is 11.8 Å². The van der Waals surface area contributed by atoms with Crippen LogP contribution in [0, 0.1) is 17.7 Å². The predicted molar refractivity (Wildman–Crippen MR) is 76.5 cm³/mol. The number of halogens is 1. The van der Waals surface area contributed by atoms with Gasteiger partial charge >= 0.3 is 0 Å². The van der Waals surface area contributed by atoms with Crippen LogP contribution in [-0.4, -0.2) is 10.7 Å². The Bertz CT molecular complexity index is 398. The van der Waals surface area contributed by atoms with E-state index in [2.05, 4.69) is 13.8 Å². The molecule has 1 aliphatic carbocycles. The van der Waals surface area contributed by atoms with E-state index in [0.717, 1.165) is 24.8 Å². The van der Waals surface area contributed by atoms with Gasteiger partial charge in [-0.2, -0.15) is 0 Å². The summed E-state index contributed by atoms with van der Waals surface area (Å²) < 4.78 is 12.9. The van der Waals surface area contributed by atoms with Crippen LogP contribution in [0.4, 0.5) is 4.39 Å². The van der Waals surface area contributed by atoms with Crippen molar-refractivity contribution in [2.45, 2.75) is 58.0 Å². The summed E-state index contributed by atoms with van der Waals surface area (Å²) in [6.45, 7) is 4.49. The van der Waals surface area contributed by atoms with E-state index in [0.29, 0.717) is 18.3 Å². The SMILES string of the molecule is CC(C)CC1CCCC(O)(Cc2ccc(F)cc2)C1. The molecule has 1 aliphatic rings. The van der Waals surface area contributed by atoms with Gasteiger partial charge in [0.15, 0.2) is 0 Å². The van der Waals surface area contributed by atoms with E-state index in [-0.39, 0.29) is 5.82 Å². The average Bonchev–Trinajstić information content (AvgIpc) is 2.31. The molecule has 2 heteroatoms. The monoisotopic (exact) mass is 264 g/mol. The maximum absolute atomic E-state index is 12.9. The fourth-order valence-electron chi connectivity index (χ4n) is 3.47. The molecule has 0 aliphatic heterocycles. The highest BCUT2D eigenvalue weighted by Gasteiger charge is 2.34. The van der Waals surface area contributed by atoms with Gasteiger partial charge in [0, 0.05) is 6.42 Å². The second-order valence-electron chi connectivity index (χ2n) is 6.62. The first kappa shape index (κ1) is 14.5. The van der Waals surface area contributed by atoms with Crippen LogP contribution < -0.4 is 0 Å². The molecule has 106 valence electrons. The standard InChI is InChI=1S/C17H25FO/c1-13(2)10-15-4-3-9-17(19,12-15)11-14-5-7-16(18)8-6-14/h5-8,13,15,19H,3-4,9-12H2,1-2H3. The lowest BCUT2D eigenvalue weighted by Gasteiger charge is -2.37. The minimum atomic E-state index is -0.588. The quantitative estimate of drug-likeness (QED) is 0.858. The Balaban J connectivity index is 1.99. The highest BCUT2D eigenvalue weighted by molar-refractivity contribution is 5.18. The zero-order valence-corrected chi connectivity index (χ0v) is 12.0. The van der Waals surface area contributed by atoms with Gasteiger partial charge in [-0.3, -0.25) is 0 Å². The molecule has 2 rings (SSSR count). The molecule has 0 heterocycles. The number of rotatable bonds is 4. The molecular formula is C17H25FO. The van der Waals surface area contributed by atoms with Crippen molar-refractivity contribution >= 4 is 0 Å². The first-order chi connectivity index (χ1) is 8.97. The summed E-state index contributed by atoms with van der Waals surface area (Å²) in [7, 11) is 0. The maximum atomic E-state index is 12.9. The fourth-order valence-corrected chi connectivity index (χ4v) is 3.47. The van der Waals surface area contributed by atoms with Gasteiger partial charge in [-0.15, -0.1) is 0 Å². The summed E-state index contributed by atoms with van der Waals surface area (Å²) in [6.07, 6.45) is 5.97. The van der Waals surface area contributed by atoms with Crippen molar-refractivity contribution in [1.29, 1.82) is 0 Å². The molecule has 1 aromatic rings. The van der Waals surface area contributed by atoms with E-state index in [4.69, 9.17) is 0 Å². The zero-order valence-electron chi connectivity index (χ0n) is 12.0. The Morgan fingerprint density at radius 2 is 2.00 bits per heavy atom. The fraction of sp³-hybridized carbons (Fsp3) is 0.647. The normalized spacial score (nSPS) is 27.7. The van der Waals surface area contributed by atoms with Crippen molar-refractivity contribution in [1.82, 2.24) is 0 Å². The lowest BCUT2D eigenvalue weighted by Crippen LogP contribution is -2.37. The van der Waals surface area contributed by atoms with Crippen molar-refractivity contribution < 1.29 is 9.50 Å². The van der Waals surface area contributed by atoms with Crippen LogP contribution in [0.5, 0.6) is 0 Å². The Morgan fingerprint density at radius 3 is 2.63 bits per heavy atom. The van der Waals surface area contributed by atoms with Gasteiger partial charge < -0.3 is 5.11 Å². The van der Waals surface area contributed by atoms with E-state index in [9.17, 15) is 9.50 Å². The van der Waals surface area contributed by atoms with E-state index in [1.165, 1.54) is 25.0 Å². The molecule has 2 atom stereocenters. The van der Waals surface area contributed by atoms with Crippen LogP contribution in [0.25, 0.3) is 0 Å². The van der Waals surface area contributed by atoms with Gasteiger partial charge in [0.1, 0.15) is 5.82 Å². The second-order valence-corrected chi connectivity index (χ2v) is 6.62. The minimum Gasteiger partial charge on any atom is -0.390 e. The first-order valence-corrected chi connectivity index (χ1v) is 7.44. The van der Waals surface area contributed by atoms with E-state index >= 15 is 0 Å². The van der Waals surface area contributed by atoms with E-state index in [1.54, 1.807) is 12.1 Å². The lowest BCUT2D eigenvalue weighted by atomic mass is 9.73. The molecule has 0 radical (unpaired) electrons. The first-order valence-electron chi connectivity index (χ1n) is 7.44. The summed E-state index contributed by atoms with van der Waals surface area (Å²) in [6, 6.07) is 6.54. The second kappa shape index (κ2) is 6.04. The molecule has 19 heavy (non-hydrogen) atoms. The summed E-state index contributed by atoms with van der Waals surface area (Å²) >= 11 is 0. The van der Waals surface area contributed by atoms with Crippen LogP contribution in [0.1, 0.15) is 51.5 Å². The highest BCUT2D eigenvalue weighted by atomic mass is 19.1. The van der Waals surface area contributed by atoms with Crippen molar-refractivity contribution in [3.05, 3.63) is 35.6 Å². The minimum absolute atomic E-state index is 0.211. The number of benzene rings is 1. The molecule has 0 aromatic heterocycles. The highest BCUT2D eigenvalue weighted by Crippen LogP contribution is 2.37. The maximum Gasteiger partial charge on any atom is 0.123 e. The van der Waals surface area contributed by atoms with Crippen molar-refractivity contribution in [3.63, 3.8) is 0 Å². The van der Waals surface area contributed by atoms with Gasteiger partial charge in [0.25, 0.3) is 0 Å². The molecule has 2 unspecified atom stereocenters. The van der Waals surface area contributed by atoms with Crippen LogP contribution in [-0.2, 0) is 6.42 Å². The molecule has 0 amide bonds. The Hall–Kier alpha value is -0.890. The smallest absolute Gasteiger partial charge is 0.123 e. The molecule has 0 saturated heterocycles. The Morgan fingerprint density at radius 1 is 1.32 bits per heavy atom. The van der Waals surface area contributed by atoms with Gasteiger partial charge in [-0.1, -0.05) is 38.8 Å². The van der Waals surface area contributed by atoms with Gasteiger partial charge in [-0.25, -0.2) is 4.39 Å². The topological polar surface area (TPSA) is 20.2 Å². The summed E-state index contributed by atoms with van der Waals surface area (Å²) in [5, 5.41) is 10.8. The van der Waals surface area contributed by atoms with Crippen LogP contribution in [0.3, 0.4) is 0 Å². The number of hydrogen-bond acceptors (Lipinski definition) is 1. The van der Waals surface area contributed by atoms with E-state index in [1.807, 2.05) is 0 Å². The number of aliphatic hydroxyl groups is 1. The molecule has 1 N–H and O–H groups in total. The molecular weight excluding hydrogens is 239 g/mol. The van der Waals surface area contributed by atoms with Crippen LogP contribution in [0.15, 0.2) is 24.3 Å². The third-order valence-electron chi connectivity index (χ3n) is 4.17.